The highest BCUT2D eigenvalue weighted by atomic mass is 32.2. The van der Waals surface area contributed by atoms with Crippen LogP contribution in [0.4, 0.5) is 0 Å². The number of primary sulfonamides is 1. The maximum absolute atomic E-state index is 13.0. The van der Waals surface area contributed by atoms with Gasteiger partial charge in [0.1, 0.15) is 0 Å². The summed E-state index contributed by atoms with van der Waals surface area (Å²) in [5, 5.41) is 5.20. The molecule has 3 rings (SSSR count). The van der Waals surface area contributed by atoms with Gasteiger partial charge >= 0.3 is 0 Å². The van der Waals surface area contributed by atoms with Gasteiger partial charge in [-0.3, -0.25) is 9.69 Å². The lowest BCUT2D eigenvalue weighted by Gasteiger charge is -2.30. The van der Waals surface area contributed by atoms with E-state index in [-0.39, 0.29) is 22.8 Å². The first-order valence-electron chi connectivity index (χ1n) is 7.96. The SMILES string of the molecule is Cc1ccc(S(N)(=O)=O)cc1C(=O)N1C[C@@H]2COC[C@H](C1)N(C)C2. The largest absolute Gasteiger partial charge is 0.379 e. The molecule has 2 aliphatic heterocycles. The number of fused-ring (bicyclic) bond motifs is 3. The summed E-state index contributed by atoms with van der Waals surface area (Å²) in [6, 6.07) is 4.60. The van der Waals surface area contributed by atoms with Crippen LogP contribution in [0.5, 0.6) is 0 Å². The number of ether oxygens (including phenoxy) is 1. The number of benzene rings is 1. The average molecular weight is 353 g/mol. The number of nitrogens with two attached hydrogens (primary N) is 1. The highest BCUT2D eigenvalue weighted by Gasteiger charge is 2.34. The number of nitrogens with zero attached hydrogens (tertiary/aromatic N) is 2. The first-order valence-corrected chi connectivity index (χ1v) is 9.51. The Morgan fingerprint density at radius 3 is 2.71 bits per heavy atom. The lowest BCUT2D eigenvalue weighted by molar-refractivity contribution is 0.0433. The standard InChI is InChI=1S/C16H23N3O4S/c1-11-3-4-14(24(17,21)22)5-15(11)16(20)19-7-12-6-18(2)13(8-19)10-23-9-12/h3-5,12-13H,6-10H2,1-2H3,(H2,17,21,22)/t12-,13+/m1/s1. The summed E-state index contributed by atoms with van der Waals surface area (Å²) in [4.78, 5) is 17.0. The third-order valence-electron chi connectivity index (χ3n) is 4.80. The molecule has 1 aromatic carbocycles. The van der Waals surface area contributed by atoms with E-state index in [2.05, 4.69) is 4.90 Å². The molecule has 2 atom stereocenters. The summed E-state index contributed by atoms with van der Waals surface area (Å²) < 4.78 is 28.8. The van der Waals surface area contributed by atoms with Crippen molar-refractivity contribution in [3.63, 3.8) is 0 Å². The van der Waals surface area contributed by atoms with Crippen LogP contribution < -0.4 is 5.14 Å². The molecule has 8 heteroatoms. The van der Waals surface area contributed by atoms with Crippen molar-refractivity contribution in [2.45, 2.75) is 17.9 Å². The average Bonchev–Trinajstić information content (AvgIpc) is 2.74. The van der Waals surface area contributed by atoms with Crippen molar-refractivity contribution in [1.29, 1.82) is 0 Å². The van der Waals surface area contributed by atoms with Crippen LogP contribution in [-0.2, 0) is 14.8 Å². The van der Waals surface area contributed by atoms with Crippen molar-refractivity contribution >= 4 is 15.9 Å². The van der Waals surface area contributed by atoms with Crippen molar-refractivity contribution in [1.82, 2.24) is 9.80 Å². The van der Waals surface area contributed by atoms with Gasteiger partial charge in [0.2, 0.25) is 10.0 Å². The van der Waals surface area contributed by atoms with Crippen LogP contribution in [0.15, 0.2) is 23.1 Å². The number of hydrogen-bond donors (Lipinski definition) is 1. The number of likely N-dealkylation sites (N-methyl/N-ethyl adjacent to an activating group) is 1. The van der Waals surface area contributed by atoms with Gasteiger partial charge in [0.15, 0.2) is 0 Å². The van der Waals surface area contributed by atoms with Gasteiger partial charge in [0.25, 0.3) is 5.91 Å². The molecule has 1 aromatic rings. The molecule has 0 unspecified atom stereocenters. The van der Waals surface area contributed by atoms with Gasteiger partial charge in [-0.1, -0.05) is 6.07 Å². The van der Waals surface area contributed by atoms with Crippen LogP contribution >= 0.6 is 0 Å². The molecule has 1 amide bonds. The lowest BCUT2D eigenvalue weighted by Crippen LogP contribution is -2.44. The Labute approximate surface area is 142 Å². The fourth-order valence-corrected chi connectivity index (χ4v) is 3.93. The summed E-state index contributed by atoms with van der Waals surface area (Å²) >= 11 is 0. The molecule has 0 aromatic heterocycles. The minimum atomic E-state index is -3.84. The predicted molar refractivity (Wildman–Crippen MR) is 89.2 cm³/mol. The van der Waals surface area contributed by atoms with E-state index in [9.17, 15) is 13.2 Å². The molecular weight excluding hydrogens is 330 g/mol. The van der Waals surface area contributed by atoms with Crippen LogP contribution in [0.25, 0.3) is 0 Å². The van der Waals surface area contributed by atoms with Gasteiger partial charge in [-0.15, -0.1) is 0 Å². The fraction of sp³-hybridized carbons (Fsp3) is 0.562. The summed E-state index contributed by atoms with van der Waals surface area (Å²) in [7, 11) is -1.79. The molecule has 2 heterocycles. The first kappa shape index (κ1) is 17.3. The van der Waals surface area contributed by atoms with Crippen molar-refractivity contribution in [2.24, 2.45) is 11.1 Å². The maximum atomic E-state index is 13.0. The third-order valence-corrected chi connectivity index (χ3v) is 5.71. The van der Waals surface area contributed by atoms with Gasteiger partial charge in [0, 0.05) is 31.1 Å². The second-order valence-corrected chi connectivity index (χ2v) is 8.29. The maximum Gasteiger partial charge on any atom is 0.254 e. The molecule has 0 spiro atoms. The number of aryl methyl sites for hydroxylation is 1. The summed E-state index contributed by atoms with van der Waals surface area (Å²) in [6.45, 7) is 5.12. The van der Waals surface area contributed by atoms with Gasteiger partial charge in [-0.2, -0.15) is 0 Å². The molecule has 7 nitrogen and oxygen atoms in total. The van der Waals surface area contributed by atoms with Crippen molar-refractivity contribution < 1.29 is 17.9 Å². The molecule has 0 aliphatic carbocycles. The zero-order chi connectivity index (χ0) is 17.5. The van der Waals surface area contributed by atoms with E-state index >= 15 is 0 Å². The van der Waals surface area contributed by atoms with E-state index in [1.165, 1.54) is 12.1 Å². The summed E-state index contributed by atoms with van der Waals surface area (Å²) in [6.07, 6.45) is 0. The van der Waals surface area contributed by atoms with Gasteiger partial charge < -0.3 is 9.64 Å². The zero-order valence-corrected chi connectivity index (χ0v) is 14.8. The highest BCUT2D eigenvalue weighted by molar-refractivity contribution is 7.89. The number of carbonyl (C=O) groups excluding carboxylic acids is 1. The Hall–Kier alpha value is -1.48. The van der Waals surface area contributed by atoms with Crippen molar-refractivity contribution in [3.05, 3.63) is 29.3 Å². The Bertz CT molecular complexity index is 750. The smallest absolute Gasteiger partial charge is 0.254 e. The number of amides is 1. The Morgan fingerprint density at radius 1 is 1.25 bits per heavy atom. The Balaban J connectivity index is 1.92. The minimum Gasteiger partial charge on any atom is -0.379 e. The zero-order valence-electron chi connectivity index (χ0n) is 13.9. The predicted octanol–water partition coefficient (Wildman–Crippen LogP) is 0.0450. The fourth-order valence-electron chi connectivity index (χ4n) is 3.39. The second kappa shape index (κ2) is 6.44. The monoisotopic (exact) mass is 353 g/mol. The second-order valence-electron chi connectivity index (χ2n) is 6.73. The van der Waals surface area contributed by atoms with Gasteiger partial charge in [0.05, 0.1) is 24.2 Å². The van der Waals surface area contributed by atoms with E-state index in [1.807, 2.05) is 11.9 Å². The van der Waals surface area contributed by atoms with Crippen LogP contribution in [0.2, 0.25) is 0 Å². The normalized spacial score (nSPS) is 25.4. The van der Waals surface area contributed by atoms with Crippen LogP contribution in [-0.4, -0.2) is 70.1 Å². The van der Waals surface area contributed by atoms with Gasteiger partial charge in [-0.25, -0.2) is 13.6 Å². The Morgan fingerprint density at radius 2 is 2.00 bits per heavy atom. The number of sulfonamides is 1. The molecule has 2 N–H and O–H groups in total. The van der Waals surface area contributed by atoms with Crippen molar-refractivity contribution in [2.75, 3.05) is 39.9 Å². The van der Waals surface area contributed by atoms with Crippen LogP contribution in [0.1, 0.15) is 15.9 Å². The molecule has 132 valence electrons. The van der Waals surface area contributed by atoms with E-state index in [1.54, 1.807) is 13.0 Å². The topological polar surface area (TPSA) is 92.9 Å². The molecule has 0 radical (unpaired) electrons. The van der Waals surface area contributed by atoms with Crippen LogP contribution in [0.3, 0.4) is 0 Å². The van der Waals surface area contributed by atoms with E-state index in [4.69, 9.17) is 9.88 Å². The molecule has 2 saturated heterocycles. The Kier molecular flexibility index (Phi) is 4.65. The highest BCUT2D eigenvalue weighted by Crippen LogP contribution is 2.22. The molecule has 2 aliphatic rings. The van der Waals surface area contributed by atoms with E-state index in [0.29, 0.717) is 31.9 Å². The first-order chi connectivity index (χ1) is 11.3. The number of hydrogen-bond acceptors (Lipinski definition) is 5. The van der Waals surface area contributed by atoms with Gasteiger partial charge in [-0.05, 0) is 31.7 Å². The van der Waals surface area contributed by atoms with Crippen molar-refractivity contribution in [3.8, 4) is 0 Å². The quantitative estimate of drug-likeness (QED) is 0.811. The third kappa shape index (κ3) is 3.46. The minimum absolute atomic E-state index is 0.0353. The summed E-state index contributed by atoms with van der Waals surface area (Å²) in [5.41, 5.74) is 1.14. The number of carbonyl (C=O) groups is 1. The number of rotatable bonds is 2. The van der Waals surface area contributed by atoms with E-state index in [0.717, 1.165) is 12.1 Å². The molecule has 24 heavy (non-hydrogen) atoms. The molecule has 2 fully saturated rings. The lowest BCUT2D eigenvalue weighted by atomic mass is 10.1. The van der Waals surface area contributed by atoms with Crippen LogP contribution in [0, 0.1) is 12.8 Å². The molecule has 0 saturated carbocycles. The van der Waals surface area contributed by atoms with E-state index < -0.39 is 10.0 Å². The molecular formula is C16H23N3O4S. The molecule has 2 bridgehead atoms. The summed E-state index contributed by atoms with van der Waals surface area (Å²) in [5.74, 6) is 0.110.